The normalized spacial score (nSPS) is 23.7. The van der Waals surface area contributed by atoms with Gasteiger partial charge in [-0.2, -0.15) is 13.2 Å². The van der Waals surface area contributed by atoms with Crippen LogP contribution in [0.3, 0.4) is 0 Å². The zero-order valence-corrected chi connectivity index (χ0v) is 21.2. The number of alkyl halides is 3. The number of fused-ring (bicyclic) bond motifs is 1. The number of hydrogen-bond donors (Lipinski definition) is 2. The van der Waals surface area contributed by atoms with Gasteiger partial charge in [0.15, 0.2) is 5.60 Å². The van der Waals surface area contributed by atoms with Crippen molar-refractivity contribution in [3.8, 4) is 0 Å². The Bertz CT molecular complexity index is 1210. The van der Waals surface area contributed by atoms with Crippen molar-refractivity contribution in [1.29, 1.82) is 0 Å². The third-order valence-corrected chi connectivity index (χ3v) is 7.76. The Morgan fingerprint density at radius 3 is 2.36 bits per heavy atom. The second-order valence-electron chi connectivity index (χ2n) is 9.24. The Kier molecular flexibility index (Phi) is 7.07. The molecule has 0 radical (unpaired) electrons. The van der Waals surface area contributed by atoms with Gasteiger partial charge in [0, 0.05) is 39.3 Å². The number of anilines is 1. The summed E-state index contributed by atoms with van der Waals surface area (Å²) in [5.74, 6) is -2.05. The molecule has 0 spiro atoms. The number of nitrogens with two attached hydrogens (primary N) is 1. The van der Waals surface area contributed by atoms with Crippen molar-refractivity contribution in [3.05, 3.63) is 62.6 Å². The molecule has 6 nitrogen and oxygen atoms in total. The first-order valence-corrected chi connectivity index (χ1v) is 12.4. The fourth-order valence-corrected chi connectivity index (χ4v) is 5.90. The molecule has 194 valence electrons. The molecule has 2 aromatic carbocycles. The van der Waals surface area contributed by atoms with E-state index in [2.05, 4.69) is 18.7 Å². The first kappa shape index (κ1) is 26.7. The topological polar surface area (TPSA) is 86.9 Å². The smallest absolute Gasteiger partial charge is 0.372 e. The summed E-state index contributed by atoms with van der Waals surface area (Å²) in [6.45, 7) is 5.92. The summed E-state index contributed by atoms with van der Waals surface area (Å²) in [5, 5.41) is 11.8. The molecule has 11 heteroatoms. The highest BCUT2D eigenvalue weighted by molar-refractivity contribution is 6.35. The van der Waals surface area contributed by atoms with Crippen LogP contribution >= 0.6 is 23.2 Å². The molecule has 2 aliphatic rings. The van der Waals surface area contributed by atoms with Crippen molar-refractivity contribution < 1.29 is 27.9 Å². The number of hydrogen-bond acceptors (Lipinski definition) is 4. The molecular formula is C25H26Cl2F3N3O3. The quantitative estimate of drug-likeness (QED) is 0.524. The van der Waals surface area contributed by atoms with Gasteiger partial charge in [0.25, 0.3) is 5.91 Å². The van der Waals surface area contributed by atoms with E-state index in [4.69, 9.17) is 28.9 Å². The predicted octanol–water partition coefficient (Wildman–Crippen LogP) is 4.81. The fraction of sp³-hybridized carbons (Fsp3) is 0.440. The molecule has 0 saturated heterocycles. The van der Waals surface area contributed by atoms with Crippen LogP contribution in [0.15, 0.2) is 30.3 Å². The summed E-state index contributed by atoms with van der Waals surface area (Å²) in [6, 6.07) is 5.83. The molecular weight excluding hydrogens is 518 g/mol. The highest BCUT2D eigenvalue weighted by Crippen LogP contribution is 2.52. The Balaban J connectivity index is 1.86. The maximum absolute atomic E-state index is 14.3. The van der Waals surface area contributed by atoms with E-state index in [9.17, 15) is 27.9 Å². The molecule has 3 N–H and O–H groups in total. The first-order chi connectivity index (χ1) is 16.8. The SMILES string of the molecule is CCN(CC)[C@H]1C[C@H](CN2C(=O)C(O)(c3ccc(Cl)cc3Cl)c3c2cc(C(N)=O)cc3C(F)(F)F)C1. The van der Waals surface area contributed by atoms with Crippen molar-refractivity contribution in [2.24, 2.45) is 11.7 Å². The lowest BCUT2D eigenvalue weighted by Crippen LogP contribution is -2.50. The van der Waals surface area contributed by atoms with Crippen molar-refractivity contribution in [2.75, 3.05) is 24.5 Å². The molecule has 1 heterocycles. The number of nitrogens with zero attached hydrogens (tertiary/aromatic N) is 2. The van der Waals surface area contributed by atoms with Gasteiger partial charge in [0.1, 0.15) is 0 Å². The van der Waals surface area contributed by atoms with E-state index in [1.54, 1.807) is 0 Å². The standard InChI is InChI=1S/C25H26Cl2F3N3O3/c1-3-32(4-2)16-7-13(8-16)12-33-20-10-14(22(31)34)9-18(25(28,29)30)21(20)24(36,23(33)35)17-6-5-15(26)11-19(17)27/h5-6,9-11,13,16,36H,3-4,7-8,12H2,1-2H3,(H2,31,34)/t13-,16-,24?. The van der Waals surface area contributed by atoms with Gasteiger partial charge in [0.2, 0.25) is 5.91 Å². The number of rotatable bonds is 7. The molecule has 1 fully saturated rings. The van der Waals surface area contributed by atoms with Crippen LogP contribution < -0.4 is 10.6 Å². The Hall–Kier alpha value is -2.33. The van der Waals surface area contributed by atoms with Gasteiger partial charge < -0.3 is 20.6 Å². The van der Waals surface area contributed by atoms with E-state index in [1.807, 2.05) is 0 Å². The van der Waals surface area contributed by atoms with Gasteiger partial charge in [-0.3, -0.25) is 9.59 Å². The third kappa shape index (κ3) is 4.36. The highest BCUT2D eigenvalue weighted by atomic mass is 35.5. The molecule has 1 aliphatic carbocycles. The lowest BCUT2D eigenvalue weighted by Gasteiger charge is -2.43. The lowest BCUT2D eigenvalue weighted by atomic mass is 9.78. The number of benzene rings is 2. The van der Waals surface area contributed by atoms with Crippen molar-refractivity contribution in [3.63, 3.8) is 0 Å². The van der Waals surface area contributed by atoms with Crippen LogP contribution in [-0.4, -0.2) is 47.5 Å². The maximum atomic E-state index is 14.3. The zero-order chi connectivity index (χ0) is 26.6. The number of primary amides is 1. The number of carbonyl (C=O) groups excluding carboxylic acids is 2. The van der Waals surface area contributed by atoms with Crippen molar-refractivity contribution in [2.45, 2.75) is 44.5 Å². The van der Waals surface area contributed by atoms with Crippen LogP contribution in [-0.2, 0) is 16.6 Å². The van der Waals surface area contributed by atoms with Gasteiger partial charge in [-0.1, -0.05) is 43.1 Å². The molecule has 1 unspecified atom stereocenters. The second kappa shape index (κ2) is 9.52. The maximum Gasteiger partial charge on any atom is 0.416 e. The summed E-state index contributed by atoms with van der Waals surface area (Å²) in [6.07, 6.45) is -3.49. The molecule has 1 atom stereocenters. The number of carbonyl (C=O) groups is 2. The van der Waals surface area contributed by atoms with E-state index in [0.717, 1.165) is 36.9 Å². The average Bonchev–Trinajstić information content (AvgIpc) is 2.98. The minimum atomic E-state index is -5.00. The molecule has 2 amide bonds. The van der Waals surface area contributed by atoms with Crippen LogP contribution in [0.2, 0.25) is 10.0 Å². The van der Waals surface area contributed by atoms with Crippen molar-refractivity contribution in [1.82, 2.24) is 4.90 Å². The van der Waals surface area contributed by atoms with Crippen LogP contribution in [0.4, 0.5) is 18.9 Å². The minimum Gasteiger partial charge on any atom is -0.372 e. The number of halogens is 5. The monoisotopic (exact) mass is 543 g/mol. The predicted molar refractivity (Wildman–Crippen MR) is 131 cm³/mol. The van der Waals surface area contributed by atoms with Gasteiger partial charge in [-0.15, -0.1) is 0 Å². The minimum absolute atomic E-state index is 0.00186. The van der Waals surface area contributed by atoms with Crippen molar-refractivity contribution >= 4 is 40.7 Å². The first-order valence-electron chi connectivity index (χ1n) is 11.6. The van der Waals surface area contributed by atoms with E-state index in [1.165, 1.54) is 18.2 Å². The highest BCUT2D eigenvalue weighted by Gasteiger charge is 2.57. The molecule has 0 bridgehead atoms. The van der Waals surface area contributed by atoms with Crippen LogP contribution in [0, 0.1) is 5.92 Å². The molecule has 1 aliphatic heterocycles. The van der Waals surface area contributed by atoms with E-state index >= 15 is 0 Å². The van der Waals surface area contributed by atoms with Gasteiger partial charge in [0.05, 0.1) is 11.3 Å². The van der Waals surface area contributed by atoms with E-state index in [-0.39, 0.29) is 33.8 Å². The summed E-state index contributed by atoms with van der Waals surface area (Å²) in [5.41, 5.74) is -0.257. The summed E-state index contributed by atoms with van der Waals surface area (Å²) >= 11 is 12.2. The Morgan fingerprint density at radius 1 is 1.19 bits per heavy atom. The van der Waals surface area contributed by atoms with Gasteiger partial charge in [-0.05, 0) is 56.1 Å². The summed E-state index contributed by atoms with van der Waals surface area (Å²) in [7, 11) is 0. The van der Waals surface area contributed by atoms with Crippen LogP contribution in [0.25, 0.3) is 0 Å². The average molecular weight is 544 g/mol. The summed E-state index contributed by atoms with van der Waals surface area (Å²) < 4.78 is 42.8. The summed E-state index contributed by atoms with van der Waals surface area (Å²) in [4.78, 5) is 29.1. The molecule has 2 aromatic rings. The van der Waals surface area contributed by atoms with E-state index in [0.29, 0.717) is 12.1 Å². The zero-order valence-electron chi connectivity index (χ0n) is 19.7. The number of amides is 2. The molecule has 0 aromatic heterocycles. The second-order valence-corrected chi connectivity index (χ2v) is 10.1. The van der Waals surface area contributed by atoms with Gasteiger partial charge >= 0.3 is 6.18 Å². The third-order valence-electron chi connectivity index (χ3n) is 7.22. The largest absolute Gasteiger partial charge is 0.416 e. The van der Waals surface area contributed by atoms with Crippen LogP contribution in [0.5, 0.6) is 0 Å². The lowest BCUT2D eigenvalue weighted by molar-refractivity contribution is -0.142. The number of aliphatic hydroxyl groups is 1. The molecule has 1 saturated carbocycles. The van der Waals surface area contributed by atoms with Crippen LogP contribution in [0.1, 0.15) is 53.7 Å². The Morgan fingerprint density at radius 2 is 1.83 bits per heavy atom. The van der Waals surface area contributed by atoms with E-state index < -0.39 is 40.3 Å². The Labute approximate surface area is 216 Å². The molecule has 36 heavy (non-hydrogen) atoms. The molecule has 4 rings (SSSR count). The fourth-order valence-electron chi connectivity index (χ4n) is 5.36. The van der Waals surface area contributed by atoms with Gasteiger partial charge in [-0.25, -0.2) is 0 Å².